The maximum absolute atomic E-state index is 11.8. The molecular weight excluding hydrogens is 351 g/mol. The first kappa shape index (κ1) is 18.3. The van der Waals surface area contributed by atoms with Crippen LogP contribution in [0.25, 0.3) is 0 Å². The van der Waals surface area contributed by atoms with Crippen LogP contribution in [-0.2, 0) is 27.7 Å². The zero-order chi connectivity index (χ0) is 15.0. The molecule has 1 fully saturated rings. The van der Waals surface area contributed by atoms with Crippen molar-refractivity contribution in [2.24, 2.45) is 0 Å². The highest BCUT2D eigenvalue weighted by Gasteiger charge is 2.30. The van der Waals surface area contributed by atoms with E-state index in [9.17, 15) is 9.36 Å². The molecule has 0 aromatic heterocycles. The number of carbonyl (C=O) groups excluding carboxylic acids is 1. The van der Waals surface area contributed by atoms with Gasteiger partial charge in [0, 0.05) is 20.6 Å². The van der Waals surface area contributed by atoms with Crippen LogP contribution in [0, 0.1) is 0 Å². The Morgan fingerprint density at radius 3 is 2.40 bits per heavy atom. The molecule has 6 nitrogen and oxygen atoms in total. The number of phosphoric ester groups is 1. The van der Waals surface area contributed by atoms with E-state index in [1.54, 1.807) is 0 Å². The van der Waals surface area contributed by atoms with Gasteiger partial charge in [0.2, 0.25) is 0 Å². The molecular formula is C12H22BrO6P. The van der Waals surface area contributed by atoms with Crippen LogP contribution in [0.15, 0.2) is 0 Å². The Bertz CT molecular complexity index is 337. The van der Waals surface area contributed by atoms with Gasteiger partial charge in [0.15, 0.2) is 10.8 Å². The number of ether oxygens (including phenoxy) is 1. The molecule has 1 aliphatic carbocycles. The number of phosphoric acid groups is 1. The molecule has 20 heavy (non-hydrogen) atoms. The molecule has 0 aromatic rings. The zero-order valence-corrected chi connectivity index (χ0v) is 14.4. The number of ketones is 1. The molecule has 1 aliphatic rings. The Morgan fingerprint density at radius 1 is 1.25 bits per heavy atom. The van der Waals surface area contributed by atoms with Gasteiger partial charge in [-0.2, -0.15) is 0 Å². The smallest absolute Gasteiger partial charge is 0.378 e. The third-order valence-corrected chi connectivity index (χ3v) is 5.53. The molecule has 0 aliphatic heterocycles. The van der Waals surface area contributed by atoms with Crippen molar-refractivity contribution in [3.8, 4) is 0 Å². The molecule has 8 heteroatoms. The van der Waals surface area contributed by atoms with E-state index in [0.717, 1.165) is 12.8 Å². The van der Waals surface area contributed by atoms with Gasteiger partial charge in [-0.1, -0.05) is 19.3 Å². The van der Waals surface area contributed by atoms with Crippen molar-refractivity contribution < 1.29 is 27.7 Å². The van der Waals surface area contributed by atoms with E-state index in [-0.39, 0.29) is 18.3 Å². The number of alkyl halides is 1. The number of rotatable bonds is 9. The quantitative estimate of drug-likeness (QED) is 0.456. The van der Waals surface area contributed by atoms with Crippen LogP contribution in [0.5, 0.6) is 0 Å². The molecule has 1 rings (SSSR count). The first-order chi connectivity index (χ1) is 9.50. The second kappa shape index (κ2) is 9.28. The lowest BCUT2D eigenvalue weighted by molar-refractivity contribution is -0.124. The fourth-order valence-electron chi connectivity index (χ4n) is 2.00. The molecule has 1 atom stereocenters. The highest BCUT2D eigenvalue weighted by molar-refractivity contribution is 9.09. The highest BCUT2D eigenvalue weighted by atomic mass is 79.9. The lowest BCUT2D eigenvalue weighted by Crippen LogP contribution is -2.22. The summed E-state index contributed by atoms with van der Waals surface area (Å²) in [5.74, 6) is -0.255. The minimum absolute atomic E-state index is 0.194. The summed E-state index contributed by atoms with van der Waals surface area (Å²) in [5.41, 5.74) is 0. The maximum atomic E-state index is 11.8. The molecule has 118 valence electrons. The average molecular weight is 373 g/mol. The fraction of sp³-hybridized carbons (Fsp3) is 0.917. The fourth-order valence-corrected chi connectivity index (χ4v) is 3.51. The van der Waals surface area contributed by atoms with Crippen LogP contribution in [0.1, 0.15) is 38.5 Å². The number of hydrogen-bond acceptors (Lipinski definition) is 6. The summed E-state index contributed by atoms with van der Waals surface area (Å²) in [5, 5.41) is -1.02. The molecule has 0 radical (unpaired) electrons. The lowest BCUT2D eigenvalue weighted by atomic mass is 9.98. The Labute approximate surface area is 128 Å². The van der Waals surface area contributed by atoms with Gasteiger partial charge in [0.05, 0.1) is 12.7 Å². The first-order valence-electron chi connectivity index (χ1n) is 6.69. The summed E-state index contributed by atoms with van der Waals surface area (Å²) < 4.78 is 31.5. The van der Waals surface area contributed by atoms with Crippen molar-refractivity contribution in [3.63, 3.8) is 0 Å². The van der Waals surface area contributed by atoms with Crippen LogP contribution in [0.2, 0.25) is 0 Å². The van der Waals surface area contributed by atoms with E-state index in [1.807, 2.05) is 0 Å². The first-order valence-corrected chi connectivity index (χ1v) is 9.06. The molecule has 0 N–H and O–H groups in total. The normalized spacial score (nSPS) is 18.9. The van der Waals surface area contributed by atoms with Gasteiger partial charge in [0.25, 0.3) is 0 Å². The summed E-state index contributed by atoms with van der Waals surface area (Å²) in [7, 11) is -1.27. The molecule has 0 amide bonds. The third-order valence-electron chi connectivity index (χ3n) is 3.18. The van der Waals surface area contributed by atoms with Gasteiger partial charge in [0.1, 0.15) is 0 Å². The Kier molecular flexibility index (Phi) is 8.48. The predicted octanol–water partition coefficient (Wildman–Crippen LogP) is 3.43. The zero-order valence-electron chi connectivity index (χ0n) is 11.9. The van der Waals surface area contributed by atoms with E-state index in [4.69, 9.17) is 9.26 Å². The Morgan fingerprint density at radius 2 is 1.85 bits per heavy atom. The van der Waals surface area contributed by atoms with Crippen LogP contribution in [0.3, 0.4) is 0 Å². The maximum Gasteiger partial charge on any atom is 0.475 e. The number of halogens is 1. The molecule has 1 saturated carbocycles. The van der Waals surface area contributed by atoms with Crippen molar-refractivity contribution in [1.82, 2.24) is 0 Å². The second-order valence-corrected chi connectivity index (χ2v) is 7.25. The van der Waals surface area contributed by atoms with Crippen molar-refractivity contribution in [1.29, 1.82) is 0 Å². The number of Topliss-reactive ketones (excluding diaryl/α,β-unsaturated/α-hetero) is 1. The van der Waals surface area contributed by atoms with Gasteiger partial charge in [-0.05, 0) is 28.8 Å². The molecule has 0 spiro atoms. The molecule has 0 aromatic carbocycles. The summed E-state index contributed by atoms with van der Waals surface area (Å²) in [6, 6.07) is 0. The largest absolute Gasteiger partial charge is 0.475 e. The van der Waals surface area contributed by atoms with E-state index in [1.165, 1.54) is 33.5 Å². The Hall–Kier alpha value is 0.220. The van der Waals surface area contributed by atoms with Crippen molar-refractivity contribution >= 4 is 29.5 Å². The minimum Gasteiger partial charge on any atom is -0.378 e. The average Bonchev–Trinajstić information content (AvgIpc) is 2.48. The van der Waals surface area contributed by atoms with Crippen LogP contribution in [0.4, 0.5) is 0 Å². The molecule has 0 bridgehead atoms. The van der Waals surface area contributed by atoms with Gasteiger partial charge in [-0.15, -0.1) is 0 Å². The van der Waals surface area contributed by atoms with Crippen molar-refractivity contribution in [2.75, 3.05) is 20.8 Å². The second-order valence-electron chi connectivity index (χ2n) is 4.58. The van der Waals surface area contributed by atoms with Gasteiger partial charge in [-0.25, -0.2) is 4.57 Å². The van der Waals surface area contributed by atoms with E-state index < -0.39 is 12.8 Å². The predicted molar refractivity (Wildman–Crippen MR) is 77.9 cm³/mol. The van der Waals surface area contributed by atoms with E-state index in [2.05, 4.69) is 25.0 Å². The Balaban J connectivity index is 2.25. The van der Waals surface area contributed by atoms with Gasteiger partial charge in [-0.3, -0.25) is 18.4 Å². The van der Waals surface area contributed by atoms with Crippen LogP contribution in [-0.4, -0.2) is 37.7 Å². The van der Waals surface area contributed by atoms with Gasteiger partial charge < -0.3 is 4.74 Å². The van der Waals surface area contributed by atoms with Crippen LogP contribution >= 0.6 is 23.8 Å². The molecule has 0 heterocycles. The molecule has 1 unspecified atom stereocenters. The highest BCUT2D eigenvalue weighted by Crippen LogP contribution is 2.49. The number of hydrogen-bond donors (Lipinski definition) is 0. The van der Waals surface area contributed by atoms with Gasteiger partial charge >= 0.3 is 7.82 Å². The summed E-state index contributed by atoms with van der Waals surface area (Å²) in [6.45, 7) is 0.346. The van der Waals surface area contributed by atoms with E-state index in [0.29, 0.717) is 6.61 Å². The topological polar surface area (TPSA) is 71.1 Å². The lowest BCUT2D eigenvalue weighted by Gasteiger charge is -2.22. The summed E-state index contributed by atoms with van der Waals surface area (Å²) in [4.78, 5) is 11.8. The van der Waals surface area contributed by atoms with E-state index >= 15 is 0 Å². The van der Waals surface area contributed by atoms with Crippen LogP contribution < -0.4 is 0 Å². The number of carbonyl (C=O) groups is 1. The standard InChI is InChI=1S/C12H22BrO6P/c1-16-20(15,17-2)19-12(13)11(14)8-9-18-10-6-4-3-5-7-10/h10,12H,3-9H2,1-2H3. The van der Waals surface area contributed by atoms with Crippen molar-refractivity contribution in [3.05, 3.63) is 0 Å². The monoisotopic (exact) mass is 372 g/mol. The summed E-state index contributed by atoms with van der Waals surface area (Å²) >= 11 is 3.03. The SMILES string of the molecule is COP(=O)(OC)OC(Br)C(=O)CCOC1CCCCC1. The minimum atomic E-state index is -3.66. The molecule has 0 saturated heterocycles. The third kappa shape index (κ3) is 6.33. The summed E-state index contributed by atoms with van der Waals surface area (Å²) in [6.07, 6.45) is 6.21. The van der Waals surface area contributed by atoms with Crippen molar-refractivity contribution in [2.45, 2.75) is 49.6 Å².